The number of thiophene rings is 1. The SMILES string of the molecule is Cc1sc2ncnc(SCC(=O)O)c2c1C. The van der Waals surface area contributed by atoms with Crippen LogP contribution in [0.1, 0.15) is 10.4 Å². The van der Waals surface area contributed by atoms with Gasteiger partial charge in [0.25, 0.3) is 0 Å². The van der Waals surface area contributed by atoms with Crippen LogP contribution in [0.15, 0.2) is 11.4 Å². The van der Waals surface area contributed by atoms with Crippen molar-refractivity contribution >= 4 is 39.3 Å². The van der Waals surface area contributed by atoms with Crippen molar-refractivity contribution in [3.8, 4) is 0 Å². The van der Waals surface area contributed by atoms with Crippen LogP contribution in [0.5, 0.6) is 0 Å². The largest absolute Gasteiger partial charge is 0.481 e. The number of nitrogens with zero attached hydrogens (tertiary/aromatic N) is 2. The summed E-state index contributed by atoms with van der Waals surface area (Å²) in [6.45, 7) is 4.05. The minimum absolute atomic E-state index is 0.0282. The molecule has 0 bridgehead atoms. The molecule has 0 radical (unpaired) electrons. The molecule has 2 aromatic rings. The fraction of sp³-hybridized carbons (Fsp3) is 0.300. The molecule has 2 rings (SSSR count). The van der Waals surface area contributed by atoms with E-state index in [1.165, 1.54) is 23.0 Å². The maximum absolute atomic E-state index is 10.5. The van der Waals surface area contributed by atoms with Gasteiger partial charge in [-0.25, -0.2) is 9.97 Å². The Labute approximate surface area is 101 Å². The normalized spacial score (nSPS) is 10.9. The minimum atomic E-state index is -0.832. The van der Waals surface area contributed by atoms with Crippen LogP contribution in [0.4, 0.5) is 0 Å². The number of hydrogen-bond donors (Lipinski definition) is 1. The number of carboxylic acid groups (broad SMARTS) is 1. The Morgan fingerprint density at radius 3 is 2.94 bits per heavy atom. The molecule has 16 heavy (non-hydrogen) atoms. The molecular weight excluding hydrogens is 244 g/mol. The average molecular weight is 254 g/mol. The maximum atomic E-state index is 10.5. The van der Waals surface area contributed by atoms with Gasteiger partial charge < -0.3 is 5.11 Å². The standard InChI is InChI=1S/C10H10N2O2S2/c1-5-6(2)16-10-8(5)9(11-4-12-10)15-3-7(13)14/h4H,3H2,1-2H3,(H,13,14). The summed E-state index contributed by atoms with van der Waals surface area (Å²) in [4.78, 5) is 21.0. The van der Waals surface area contributed by atoms with Gasteiger partial charge in [-0.15, -0.1) is 11.3 Å². The molecule has 2 aromatic heterocycles. The molecule has 0 aliphatic rings. The fourth-order valence-corrected chi connectivity index (χ4v) is 3.23. The highest BCUT2D eigenvalue weighted by Gasteiger charge is 2.12. The number of hydrogen-bond acceptors (Lipinski definition) is 5. The molecule has 0 fully saturated rings. The zero-order valence-corrected chi connectivity index (χ0v) is 10.5. The molecule has 6 heteroatoms. The first kappa shape index (κ1) is 11.3. The zero-order chi connectivity index (χ0) is 11.7. The van der Waals surface area contributed by atoms with Crippen LogP contribution in [0, 0.1) is 13.8 Å². The number of carbonyl (C=O) groups is 1. The van der Waals surface area contributed by atoms with Gasteiger partial charge in [-0.2, -0.15) is 0 Å². The maximum Gasteiger partial charge on any atom is 0.313 e. The molecule has 0 aliphatic carbocycles. The zero-order valence-electron chi connectivity index (χ0n) is 8.85. The van der Waals surface area contributed by atoms with Crippen LogP contribution in [0.25, 0.3) is 10.2 Å². The first-order valence-corrected chi connectivity index (χ1v) is 6.45. The molecule has 0 saturated heterocycles. The van der Waals surface area contributed by atoms with E-state index in [0.29, 0.717) is 0 Å². The second-order valence-electron chi connectivity index (χ2n) is 3.32. The Balaban J connectivity index is 2.48. The van der Waals surface area contributed by atoms with Crippen LogP contribution >= 0.6 is 23.1 Å². The van der Waals surface area contributed by atoms with Crippen LogP contribution in [0.3, 0.4) is 0 Å². The lowest BCUT2D eigenvalue weighted by Crippen LogP contribution is -1.98. The number of fused-ring (bicyclic) bond motifs is 1. The number of aliphatic carboxylic acids is 1. The molecule has 0 atom stereocenters. The smallest absolute Gasteiger partial charge is 0.313 e. The molecule has 0 aromatic carbocycles. The van der Waals surface area contributed by atoms with E-state index in [0.717, 1.165) is 20.8 Å². The third-order valence-electron chi connectivity index (χ3n) is 2.26. The molecule has 0 saturated carbocycles. The van der Waals surface area contributed by atoms with E-state index in [-0.39, 0.29) is 5.75 Å². The lowest BCUT2D eigenvalue weighted by Gasteiger charge is -2.00. The minimum Gasteiger partial charge on any atom is -0.481 e. The highest BCUT2D eigenvalue weighted by molar-refractivity contribution is 8.00. The van der Waals surface area contributed by atoms with Crippen molar-refractivity contribution in [2.24, 2.45) is 0 Å². The number of aryl methyl sites for hydroxylation is 2. The van der Waals surface area contributed by atoms with Crippen molar-refractivity contribution < 1.29 is 9.90 Å². The molecule has 2 heterocycles. The van der Waals surface area contributed by atoms with E-state index in [4.69, 9.17) is 5.11 Å². The number of thioether (sulfide) groups is 1. The van der Waals surface area contributed by atoms with E-state index >= 15 is 0 Å². The van der Waals surface area contributed by atoms with Crippen molar-refractivity contribution in [1.29, 1.82) is 0 Å². The van der Waals surface area contributed by atoms with Gasteiger partial charge >= 0.3 is 5.97 Å². The topological polar surface area (TPSA) is 63.1 Å². The summed E-state index contributed by atoms with van der Waals surface area (Å²) in [6.07, 6.45) is 1.49. The molecule has 0 spiro atoms. The van der Waals surface area contributed by atoms with Gasteiger partial charge in [0, 0.05) is 10.3 Å². The molecule has 0 unspecified atom stereocenters. The predicted molar refractivity (Wildman–Crippen MR) is 65.2 cm³/mol. The first-order valence-electron chi connectivity index (χ1n) is 4.65. The summed E-state index contributed by atoms with van der Waals surface area (Å²) >= 11 is 2.86. The van der Waals surface area contributed by atoms with E-state index < -0.39 is 5.97 Å². The second-order valence-corrected chi connectivity index (χ2v) is 5.49. The van der Waals surface area contributed by atoms with E-state index in [1.807, 2.05) is 13.8 Å². The Bertz CT molecular complexity index is 551. The van der Waals surface area contributed by atoms with Crippen molar-refractivity contribution in [3.05, 3.63) is 16.8 Å². The van der Waals surface area contributed by atoms with E-state index in [1.54, 1.807) is 11.3 Å². The summed E-state index contributed by atoms with van der Waals surface area (Å²) in [6, 6.07) is 0. The van der Waals surface area contributed by atoms with Crippen molar-refractivity contribution in [1.82, 2.24) is 9.97 Å². The summed E-state index contributed by atoms with van der Waals surface area (Å²) in [5, 5.41) is 10.4. The van der Waals surface area contributed by atoms with Crippen molar-refractivity contribution in [2.45, 2.75) is 18.9 Å². The van der Waals surface area contributed by atoms with Crippen molar-refractivity contribution in [3.63, 3.8) is 0 Å². The van der Waals surface area contributed by atoms with Gasteiger partial charge in [0.15, 0.2) is 0 Å². The summed E-state index contributed by atoms with van der Waals surface area (Å²) in [5.74, 6) is -0.804. The van der Waals surface area contributed by atoms with Gasteiger partial charge in [0.2, 0.25) is 0 Å². The predicted octanol–water partition coefficient (Wildman–Crippen LogP) is 2.48. The molecule has 0 amide bonds. The Kier molecular flexibility index (Phi) is 3.11. The molecule has 4 nitrogen and oxygen atoms in total. The van der Waals surface area contributed by atoms with Gasteiger partial charge in [0.05, 0.1) is 5.75 Å². The third-order valence-corrected chi connectivity index (χ3v) is 4.35. The highest BCUT2D eigenvalue weighted by atomic mass is 32.2. The highest BCUT2D eigenvalue weighted by Crippen LogP contribution is 2.34. The fourth-order valence-electron chi connectivity index (χ4n) is 1.39. The third kappa shape index (κ3) is 2.03. The van der Waals surface area contributed by atoms with E-state index in [9.17, 15) is 4.79 Å². The number of carboxylic acids is 1. The lowest BCUT2D eigenvalue weighted by atomic mass is 10.2. The van der Waals surface area contributed by atoms with Crippen molar-refractivity contribution in [2.75, 3.05) is 5.75 Å². The monoisotopic (exact) mass is 254 g/mol. The van der Waals surface area contributed by atoms with Crippen LogP contribution in [-0.2, 0) is 4.79 Å². The van der Waals surface area contributed by atoms with Gasteiger partial charge in [-0.3, -0.25) is 4.79 Å². The van der Waals surface area contributed by atoms with Gasteiger partial charge in [-0.05, 0) is 19.4 Å². The Hall–Kier alpha value is -1.14. The molecular formula is C10H10N2O2S2. The van der Waals surface area contributed by atoms with E-state index in [2.05, 4.69) is 9.97 Å². The van der Waals surface area contributed by atoms with Crippen LogP contribution < -0.4 is 0 Å². The molecule has 1 N–H and O–H groups in total. The van der Waals surface area contributed by atoms with Gasteiger partial charge in [-0.1, -0.05) is 11.8 Å². The second kappa shape index (κ2) is 4.39. The quantitative estimate of drug-likeness (QED) is 0.673. The van der Waals surface area contributed by atoms with Gasteiger partial charge in [0.1, 0.15) is 16.2 Å². The van der Waals surface area contributed by atoms with Crippen LogP contribution in [0.2, 0.25) is 0 Å². The summed E-state index contributed by atoms with van der Waals surface area (Å²) < 4.78 is 0. The number of aromatic nitrogens is 2. The Morgan fingerprint density at radius 1 is 1.50 bits per heavy atom. The molecule has 0 aliphatic heterocycles. The summed E-state index contributed by atoms with van der Waals surface area (Å²) in [7, 11) is 0. The first-order chi connectivity index (χ1) is 7.59. The number of rotatable bonds is 3. The molecule has 84 valence electrons. The average Bonchev–Trinajstić information content (AvgIpc) is 2.52. The van der Waals surface area contributed by atoms with Crippen LogP contribution in [-0.4, -0.2) is 26.8 Å². The summed E-state index contributed by atoms with van der Waals surface area (Å²) in [5.41, 5.74) is 1.15. The Morgan fingerprint density at radius 2 is 2.25 bits per heavy atom. The lowest BCUT2D eigenvalue weighted by molar-refractivity contribution is -0.133.